The van der Waals surface area contributed by atoms with Crippen LogP contribution in [0.5, 0.6) is 5.75 Å². The number of carbonyl (C=O) groups is 3. The van der Waals surface area contributed by atoms with E-state index in [2.05, 4.69) is 33.2 Å². The van der Waals surface area contributed by atoms with Crippen LogP contribution in [0.3, 0.4) is 0 Å². The Kier molecular flexibility index (Phi) is 8.20. The smallest absolute Gasteiger partial charge is 0.434 e. The van der Waals surface area contributed by atoms with Crippen LogP contribution >= 0.6 is 22.6 Å². The fourth-order valence-electron chi connectivity index (χ4n) is 2.75. The zero-order valence-electron chi connectivity index (χ0n) is 17.3. The normalized spacial score (nSPS) is 10.2. The highest BCUT2D eigenvalue weighted by molar-refractivity contribution is 14.1. The summed E-state index contributed by atoms with van der Waals surface area (Å²) >= 11 is 2.13. The van der Waals surface area contributed by atoms with Crippen LogP contribution in [0.4, 0.5) is 10.5 Å². The molecule has 3 rings (SSSR count). The molecule has 0 heterocycles. The molecule has 0 saturated carbocycles. The van der Waals surface area contributed by atoms with Crippen molar-refractivity contribution < 1.29 is 23.9 Å². The minimum atomic E-state index is -0.792. The maximum Gasteiger partial charge on any atom is 0.513 e. The average Bonchev–Trinajstić information content (AvgIpc) is 2.79. The highest BCUT2D eigenvalue weighted by atomic mass is 127. The van der Waals surface area contributed by atoms with Gasteiger partial charge in [-0.2, -0.15) is 0 Å². The predicted octanol–water partition coefficient (Wildman–Crippen LogP) is 5.01. The third kappa shape index (κ3) is 6.55. The number of amides is 2. The van der Waals surface area contributed by atoms with Crippen LogP contribution in [0.1, 0.15) is 33.2 Å². The van der Waals surface area contributed by atoms with Crippen molar-refractivity contribution in [3.05, 3.63) is 93.1 Å². The highest BCUT2D eigenvalue weighted by Gasteiger charge is 2.10. The van der Waals surface area contributed by atoms with Crippen LogP contribution in [0.25, 0.3) is 0 Å². The number of halogens is 1. The van der Waals surface area contributed by atoms with Crippen molar-refractivity contribution >= 4 is 46.2 Å². The summed E-state index contributed by atoms with van der Waals surface area (Å²) in [5, 5.41) is 5.70. The molecule has 0 aliphatic rings. The first-order valence-electron chi connectivity index (χ1n) is 9.84. The third-order valence-corrected chi connectivity index (χ3v) is 5.30. The maximum atomic E-state index is 12.4. The molecule has 0 unspecified atom stereocenters. The molecule has 0 aliphatic carbocycles. The predicted molar refractivity (Wildman–Crippen MR) is 129 cm³/mol. The second-order valence-corrected chi connectivity index (χ2v) is 7.79. The van der Waals surface area contributed by atoms with Gasteiger partial charge in [0, 0.05) is 21.4 Å². The molecule has 7 nitrogen and oxygen atoms in total. The number of nitrogens with one attached hydrogen (secondary N) is 2. The molecule has 0 spiro atoms. The molecule has 2 N–H and O–H groups in total. The Morgan fingerprint density at radius 3 is 2.22 bits per heavy atom. The topological polar surface area (TPSA) is 93.7 Å². The zero-order valence-corrected chi connectivity index (χ0v) is 19.4. The minimum Gasteiger partial charge on any atom is -0.434 e. The Balaban J connectivity index is 1.52. The van der Waals surface area contributed by atoms with E-state index in [1.165, 1.54) is 12.1 Å². The van der Waals surface area contributed by atoms with E-state index in [4.69, 9.17) is 9.47 Å². The lowest BCUT2D eigenvalue weighted by Crippen LogP contribution is -2.23. The highest BCUT2D eigenvalue weighted by Crippen LogP contribution is 2.16. The van der Waals surface area contributed by atoms with Crippen molar-refractivity contribution in [1.82, 2.24) is 5.32 Å². The second kappa shape index (κ2) is 11.3. The molecule has 8 heteroatoms. The number of hydrogen-bond donors (Lipinski definition) is 2. The summed E-state index contributed by atoms with van der Waals surface area (Å²) in [5.41, 5.74) is 2.57. The van der Waals surface area contributed by atoms with E-state index >= 15 is 0 Å². The number of anilines is 1. The van der Waals surface area contributed by atoms with Gasteiger partial charge >= 0.3 is 6.16 Å². The maximum absolute atomic E-state index is 12.4. The monoisotopic (exact) mass is 544 g/mol. The molecule has 0 saturated heterocycles. The fourth-order valence-corrected chi connectivity index (χ4v) is 3.38. The number of hydrogen-bond acceptors (Lipinski definition) is 5. The number of rotatable bonds is 7. The van der Waals surface area contributed by atoms with Crippen molar-refractivity contribution in [3.63, 3.8) is 0 Å². The SMILES string of the molecule is CCOC(=O)Oc1ccc(C(=O)Nc2ccc(CNC(=O)c3ccccc3I)cc2)cc1. The van der Waals surface area contributed by atoms with Crippen LogP contribution < -0.4 is 15.4 Å². The minimum absolute atomic E-state index is 0.136. The second-order valence-electron chi connectivity index (χ2n) is 6.62. The Morgan fingerprint density at radius 2 is 1.56 bits per heavy atom. The molecule has 0 aliphatic heterocycles. The van der Waals surface area contributed by atoms with Gasteiger partial charge in [-0.3, -0.25) is 9.59 Å². The van der Waals surface area contributed by atoms with Crippen molar-refractivity contribution in [1.29, 1.82) is 0 Å². The lowest BCUT2D eigenvalue weighted by atomic mass is 10.1. The Morgan fingerprint density at radius 1 is 0.875 bits per heavy atom. The summed E-state index contributed by atoms with van der Waals surface area (Å²) in [6.07, 6.45) is -0.792. The van der Waals surface area contributed by atoms with E-state index < -0.39 is 6.16 Å². The number of benzene rings is 3. The molecule has 3 aromatic rings. The van der Waals surface area contributed by atoms with Crippen LogP contribution in [0, 0.1) is 3.57 Å². The first kappa shape index (κ1) is 23.3. The molecule has 0 bridgehead atoms. The summed E-state index contributed by atoms with van der Waals surface area (Å²) in [6.45, 7) is 2.28. The molecule has 0 radical (unpaired) electrons. The van der Waals surface area contributed by atoms with Gasteiger partial charge in [0.15, 0.2) is 0 Å². The lowest BCUT2D eigenvalue weighted by Gasteiger charge is -2.09. The zero-order chi connectivity index (χ0) is 22.9. The Bertz CT molecular complexity index is 1100. The average molecular weight is 544 g/mol. The lowest BCUT2D eigenvalue weighted by molar-refractivity contribution is 0.0948. The number of carbonyl (C=O) groups excluding carboxylic acids is 3. The molecular formula is C24H21IN2O5. The van der Waals surface area contributed by atoms with Gasteiger partial charge < -0.3 is 20.1 Å². The van der Waals surface area contributed by atoms with Crippen LogP contribution in [-0.2, 0) is 11.3 Å². The van der Waals surface area contributed by atoms with E-state index in [0.717, 1.165) is 9.13 Å². The number of ether oxygens (including phenoxy) is 2. The Hall–Kier alpha value is -3.40. The van der Waals surface area contributed by atoms with E-state index in [1.54, 1.807) is 37.3 Å². The van der Waals surface area contributed by atoms with E-state index in [9.17, 15) is 14.4 Å². The van der Waals surface area contributed by atoms with Gasteiger partial charge in [-0.1, -0.05) is 24.3 Å². The molecule has 0 aromatic heterocycles. The quantitative estimate of drug-likeness (QED) is 0.248. The molecule has 3 aromatic carbocycles. The van der Waals surface area contributed by atoms with Gasteiger partial charge in [-0.05, 0) is 83.6 Å². The first-order valence-corrected chi connectivity index (χ1v) is 10.9. The van der Waals surface area contributed by atoms with Crippen LogP contribution in [-0.4, -0.2) is 24.6 Å². The molecular weight excluding hydrogens is 523 g/mol. The van der Waals surface area contributed by atoms with E-state index in [-0.39, 0.29) is 24.2 Å². The largest absolute Gasteiger partial charge is 0.513 e. The van der Waals surface area contributed by atoms with Gasteiger partial charge in [-0.25, -0.2) is 4.79 Å². The molecule has 164 valence electrons. The van der Waals surface area contributed by atoms with Crippen molar-refractivity contribution in [3.8, 4) is 5.75 Å². The summed E-state index contributed by atoms with van der Waals surface area (Å²) in [7, 11) is 0. The van der Waals surface area contributed by atoms with Crippen molar-refractivity contribution in [2.75, 3.05) is 11.9 Å². The van der Waals surface area contributed by atoms with E-state index in [0.29, 0.717) is 23.4 Å². The third-order valence-electron chi connectivity index (χ3n) is 4.36. The molecule has 32 heavy (non-hydrogen) atoms. The summed E-state index contributed by atoms with van der Waals surface area (Å²) in [4.78, 5) is 36.1. The Labute approximate surface area is 199 Å². The van der Waals surface area contributed by atoms with Crippen molar-refractivity contribution in [2.24, 2.45) is 0 Å². The summed E-state index contributed by atoms with van der Waals surface area (Å²) < 4.78 is 10.6. The fraction of sp³-hybridized carbons (Fsp3) is 0.125. The van der Waals surface area contributed by atoms with Gasteiger partial charge in [0.1, 0.15) is 5.75 Å². The molecule has 0 fully saturated rings. The van der Waals surface area contributed by atoms with Gasteiger partial charge in [-0.15, -0.1) is 0 Å². The standard InChI is InChI=1S/C24H21IN2O5/c1-2-31-24(30)32-19-13-9-17(10-14-19)22(28)27-18-11-7-16(8-12-18)15-26-23(29)20-5-3-4-6-21(20)25/h3-14H,2,15H2,1H3,(H,26,29)(H,27,28). The van der Waals surface area contributed by atoms with Crippen LogP contribution in [0.2, 0.25) is 0 Å². The van der Waals surface area contributed by atoms with E-state index in [1.807, 2.05) is 30.3 Å². The summed E-state index contributed by atoms with van der Waals surface area (Å²) in [5.74, 6) is -0.147. The van der Waals surface area contributed by atoms with Gasteiger partial charge in [0.05, 0.1) is 12.2 Å². The van der Waals surface area contributed by atoms with Gasteiger partial charge in [0.25, 0.3) is 11.8 Å². The summed E-state index contributed by atoms with van der Waals surface area (Å²) in [6, 6.07) is 20.7. The van der Waals surface area contributed by atoms with Crippen LogP contribution in [0.15, 0.2) is 72.8 Å². The van der Waals surface area contributed by atoms with Gasteiger partial charge in [0.2, 0.25) is 0 Å². The molecule has 2 amide bonds. The van der Waals surface area contributed by atoms with Crippen molar-refractivity contribution in [2.45, 2.75) is 13.5 Å². The first-order chi connectivity index (χ1) is 15.5. The molecule has 0 atom stereocenters.